The van der Waals surface area contributed by atoms with Gasteiger partial charge >= 0.3 is 0 Å². The van der Waals surface area contributed by atoms with E-state index in [1.165, 1.54) is 14.2 Å². The zero-order valence-corrected chi connectivity index (χ0v) is 34.3. The number of aliphatic hydroxyl groups is 9. The summed E-state index contributed by atoms with van der Waals surface area (Å²) in [6.07, 6.45) is -8.66. The molecule has 0 aromatic rings. The number of rotatable bonds is 14. The average Bonchev–Trinajstić information content (AvgIpc) is 3.55. The van der Waals surface area contributed by atoms with Gasteiger partial charge in [0.05, 0.1) is 55.9 Å². The van der Waals surface area contributed by atoms with Crippen LogP contribution in [0.1, 0.15) is 86.0 Å². The first-order chi connectivity index (χ1) is 26.4. The van der Waals surface area contributed by atoms with Gasteiger partial charge in [-0.15, -0.1) is 0 Å². The van der Waals surface area contributed by atoms with E-state index in [-0.39, 0.29) is 49.2 Å². The van der Waals surface area contributed by atoms with E-state index in [1.807, 2.05) is 6.92 Å². The van der Waals surface area contributed by atoms with Crippen molar-refractivity contribution in [1.82, 2.24) is 0 Å². The lowest BCUT2D eigenvalue weighted by molar-refractivity contribution is -0.309. The maximum absolute atomic E-state index is 12.7. The van der Waals surface area contributed by atoms with Crippen LogP contribution in [0.4, 0.5) is 0 Å². The molecule has 0 spiro atoms. The summed E-state index contributed by atoms with van der Waals surface area (Å²) in [6.45, 7) is 10.4. The molecular weight excluding hydrogens is 732 g/mol. The molecule has 2 aliphatic heterocycles. The van der Waals surface area contributed by atoms with Crippen LogP contribution in [0, 0.1) is 52.3 Å². The van der Waals surface area contributed by atoms with Crippen molar-refractivity contribution < 1.29 is 74.4 Å². The molecule has 2 heterocycles. The maximum atomic E-state index is 12.7. The highest BCUT2D eigenvalue weighted by molar-refractivity contribution is 5.22. The largest absolute Gasteiger partial charge is 0.394 e. The van der Waals surface area contributed by atoms with Crippen molar-refractivity contribution in [2.75, 3.05) is 34.0 Å². The minimum absolute atomic E-state index is 0.00541. The van der Waals surface area contributed by atoms with Crippen molar-refractivity contribution >= 4 is 0 Å². The summed E-state index contributed by atoms with van der Waals surface area (Å²) in [4.78, 5) is 0. The van der Waals surface area contributed by atoms with E-state index in [2.05, 4.69) is 27.7 Å². The van der Waals surface area contributed by atoms with Crippen molar-refractivity contribution in [2.45, 2.75) is 171 Å². The third-order valence-corrected chi connectivity index (χ3v) is 16.0. The van der Waals surface area contributed by atoms with Crippen LogP contribution in [0.5, 0.6) is 0 Å². The lowest BCUT2D eigenvalue weighted by atomic mass is 9.41. The summed E-state index contributed by atoms with van der Waals surface area (Å²) >= 11 is 0. The Labute approximate surface area is 331 Å². The van der Waals surface area contributed by atoms with Gasteiger partial charge in [0.25, 0.3) is 0 Å². The number of hydrogen-bond acceptors (Lipinski definition) is 15. The first-order valence-corrected chi connectivity index (χ1v) is 21.1. The second-order valence-electron chi connectivity index (χ2n) is 19.2. The number of methoxy groups -OCH3 is 2. The zero-order chi connectivity index (χ0) is 41.1. The molecule has 9 N–H and O–H groups in total. The van der Waals surface area contributed by atoms with Gasteiger partial charge < -0.3 is 74.4 Å². The average molecular weight is 805 g/mol. The highest BCUT2D eigenvalue weighted by Gasteiger charge is 2.73. The van der Waals surface area contributed by atoms with Gasteiger partial charge in [0, 0.05) is 32.5 Å². The van der Waals surface area contributed by atoms with Crippen LogP contribution < -0.4 is 0 Å². The Morgan fingerprint density at radius 2 is 1.45 bits per heavy atom. The SMILES string of the molecule is CO[C@H]1[C@H](O[C@H]2[C@H](OCC[C@@H](CC[C@@H](C)[C@H]3[C@@H](O)[C@@H](O)C4[C@]5(O)C[C@H](O)C6[C@@H](O)[C@@H](O)CC[C@]6(C)C5CC[C@@]43C)C(C)C)O[C@@H](CO)[C@@H]2O)OC[C@@H](OC)[C@@H]1O. The summed E-state index contributed by atoms with van der Waals surface area (Å²) in [7, 11) is 2.88. The molecule has 6 rings (SSSR count). The minimum atomic E-state index is -1.45. The van der Waals surface area contributed by atoms with Crippen LogP contribution in [-0.4, -0.2) is 165 Å². The zero-order valence-electron chi connectivity index (χ0n) is 34.3. The van der Waals surface area contributed by atoms with Crippen LogP contribution in [-0.2, 0) is 28.4 Å². The summed E-state index contributed by atoms with van der Waals surface area (Å²) in [5, 5.41) is 101. The third kappa shape index (κ3) is 7.65. The van der Waals surface area contributed by atoms with Gasteiger partial charge in [-0.05, 0) is 78.9 Å². The van der Waals surface area contributed by atoms with Gasteiger partial charge in [0.2, 0.25) is 0 Å². The smallest absolute Gasteiger partial charge is 0.187 e. The van der Waals surface area contributed by atoms with Crippen molar-refractivity contribution in [2.24, 2.45) is 52.3 Å². The number of ether oxygens (including phenoxy) is 6. The molecule has 0 amide bonds. The molecule has 2 saturated heterocycles. The standard InChI is InChI=1S/C41H72O15/c1-19(2)21(12-15-53-38-35(30(46)24(17-42)55-38)56-37-34(52-7)31(47)25(51-6)18-54-37)9-8-20(3)27-32(48)33(49)36-40(27,5)14-11-26-39(4)13-10-22(43)29(45)28(39)23(44)16-41(26,36)50/h19-38,42-50H,8-18H2,1-7H3/t20-,21-,22+,23+,24+,25-,26?,27+,28?,29+,30+,31+,32-,33-,34-,35-,36?,37+,38-,39-,40-,41+/m1/s1. The van der Waals surface area contributed by atoms with E-state index in [4.69, 9.17) is 28.4 Å². The third-order valence-electron chi connectivity index (χ3n) is 16.0. The predicted molar refractivity (Wildman–Crippen MR) is 200 cm³/mol. The fraction of sp³-hybridized carbons (Fsp3) is 1.00. The Morgan fingerprint density at radius 3 is 2.09 bits per heavy atom. The van der Waals surface area contributed by atoms with Crippen molar-refractivity contribution in [3.63, 3.8) is 0 Å². The van der Waals surface area contributed by atoms with Crippen LogP contribution in [0.15, 0.2) is 0 Å². The monoisotopic (exact) mass is 804 g/mol. The molecule has 22 atom stereocenters. The first kappa shape index (κ1) is 44.9. The Bertz CT molecular complexity index is 1290. The Hall–Kier alpha value is -0.600. The van der Waals surface area contributed by atoms with Crippen molar-refractivity contribution in [3.05, 3.63) is 0 Å². The number of aliphatic hydroxyl groups excluding tert-OH is 8. The quantitative estimate of drug-likeness (QED) is 0.115. The molecule has 0 bridgehead atoms. The molecule has 0 aromatic heterocycles. The Morgan fingerprint density at radius 1 is 0.750 bits per heavy atom. The van der Waals surface area contributed by atoms with Gasteiger partial charge in [-0.1, -0.05) is 41.0 Å². The summed E-state index contributed by atoms with van der Waals surface area (Å²) in [5.41, 5.74) is -2.68. The van der Waals surface area contributed by atoms with Gasteiger partial charge in [0.1, 0.15) is 36.6 Å². The van der Waals surface area contributed by atoms with Crippen LogP contribution >= 0.6 is 0 Å². The molecule has 4 saturated carbocycles. The van der Waals surface area contributed by atoms with E-state index in [9.17, 15) is 46.0 Å². The molecule has 4 aliphatic carbocycles. The lowest BCUT2D eigenvalue weighted by Crippen LogP contribution is -2.71. The highest BCUT2D eigenvalue weighted by atomic mass is 16.8. The normalized spacial score (nSPS) is 51.7. The van der Waals surface area contributed by atoms with E-state index >= 15 is 0 Å². The molecule has 6 aliphatic rings. The molecule has 56 heavy (non-hydrogen) atoms. The molecule has 15 nitrogen and oxygen atoms in total. The van der Waals surface area contributed by atoms with Crippen LogP contribution in [0.2, 0.25) is 0 Å². The van der Waals surface area contributed by atoms with Crippen LogP contribution in [0.25, 0.3) is 0 Å². The molecule has 0 aromatic carbocycles. The fourth-order valence-corrected chi connectivity index (χ4v) is 13.0. The summed E-state index contributed by atoms with van der Waals surface area (Å²) in [5.74, 6) is -1.36. The Balaban J connectivity index is 1.09. The maximum Gasteiger partial charge on any atom is 0.187 e. The second kappa shape index (κ2) is 17.4. The Kier molecular flexibility index (Phi) is 14.0. The van der Waals surface area contributed by atoms with E-state index in [0.29, 0.717) is 32.1 Å². The van der Waals surface area contributed by atoms with E-state index in [1.54, 1.807) is 0 Å². The molecule has 0 radical (unpaired) electrons. The molecule has 6 fully saturated rings. The molecule has 326 valence electrons. The summed E-state index contributed by atoms with van der Waals surface area (Å²) < 4.78 is 34.7. The first-order valence-electron chi connectivity index (χ1n) is 21.1. The number of fused-ring (bicyclic) bond motifs is 5. The summed E-state index contributed by atoms with van der Waals surface area (Å²) in [6, 6.07) is 0. The fourth-order valence-electron chi connectivity index (χ4n) is 13.0. The minimum Gasteiger partial charge on any atom is -0.394 e. The second-order valence-corrected chi connectivity index (χ2v) is 19.2. The van der Waals surface area contributed by atoms with Gasteiger partial charge in [-0.2, -0.15) is 0 Å². The van der Waals surface area contributed by atoms with Gasteiger partial charge in [0.15, 0.2) is 12.6 Å². The highest BCUT2D eigenvalue weighted by Crippen LogP contribution is 2.70. The molecule has 15 heteroatoms. The van der Waals surface area contributed by atoms with Crippen molar-refractivity contribution in [1.29, 1.82) is 0 Å². The molecule has 3 unspecified atom stereocenters. The van der Waals surface area contributed by atoms with E-state index in [0.717, 1.165) is 12.8 Å². The number of hydrogen-bond donors (Lipinski definition) is 9. The molecular formula is C41H72O15. The lowest BCUT2D eigenvalue weighted by Gasteiger charge is -2.66. The topological polar surface area (TPSA) is 237 Å². The van der Waals surface area contributed by atoms with Gasteiger partial charge in [-0.3, -0.25) is 0 Å². The van der Waals surface area contributed by atoms with E-state index < -0.39 is 115 Å². The van der Waals surface area contributed by atoms with Crippen LogP contribution in [0.3, 0.4) is 0 Å². The van der Waals surface area contributed by atoms with Gasteiger partial charge in [-0.25, -0.2) is 0 Å². The van der Waals surface area contributed by atoms with Crippen molar-refractivity contribution in [3.8, 4) is 0 Å². The predicted octanol–water partition coefficient (Wildman–Crippen LogP) is 0.310.